The number of aromatic nitrogens is 1. The zero-order valence-corrected chi connectivity index (χ0v) is 18.4. The predicted octanol–water partition coefficient (Wildman–Crippen LogP) is 4.21. The maximum Gasteiger partial charge on any atom is 0.324 e. The van der Waals surface area contributed by atoms with Gasteiger partial charge in [0, 0.05) is 50.4 Å². The van der Waals surface area contributed by atoms with Crippen molar-refractivity contribution in [2.45, 2.75) is 45.6 Å². The Labute approximate surface area is 179 Å². The maximum atomic E-state index is 13.4. The van der Waals surface area contributed by atoms with Crippen molar-refractivity contribution in [2.75, 3.05) is 37.6 Å². The molecule has 4 heterocycles. The van der Waals surface area contributed by atoms with Gasteiger partial charge in [0.25, 0.3) is 0 Å². The van der Waals surface area contributed by atoms with Crippen LogP contribution >= 0.6 is 0 Å². The Balaban J connectivity index is 1.20. The minimum absolute atomic E-state index is 0.0973. The van der Waals surface area contributed by atoms with E-state index < -0.39 is 0 Å². The van der Waals surface area contributed by atoms with Gasteiger partial charge in [-0.1, -0.05) is 44.2 Å². The summed E-state index contributed by atoms with van der Waals surface area (Å²) in [6.45, 7) is 12.2. The first-order valence-electron chi connectivity index (χ1n) is 11.2. The number of anilines is 1. The average Bonchev–Trinajstić information content (AvgIpc) is 2.98. The Kier molecular flexibility index (Phi) is 4.62. The summed E-state index contributed by atoms with van der Waals surface area (Å²) in [5.41, 5.74) is 4.76. The highest BCUT2D eigenvalue weighted by Crippen LogP contribution is 2.43. The van der Waals surface area contributed by atoms with E-state index in [0.717, 1.165) is 62.6 Å². The molecule has 0 bridgehead atoms. The second kappa shape index (κ2) is 7.09. The van der Waals surface area contributed by atoms with Crippen molar-refractivity contribution in [1.82, 2.24) is 14.8 Å². The first kappa shape index (κ1) is 19.6. The average molecular weight is 405 g/mol. The summed E-state index contributed by atoms with van der Waals surface area (Å²) < 4.78 is 0. The normalized spacial score (nSPS) is 22.1. The number of carbonyl (C=O) groups is 1. The van der Waals surface area contributed by atoms with Crippen LogP contribution in [-0.2, 0) is 12.0 Å². The lowest BCUT2D eigenvalue weighted by atomic mass is 9.72. The van der Waals surface area contributed by atoms with Crippen molar-refractivity contribution in [1.29, 1.82) is 0 Å². The van der Waals surface area contributed by atoms with Gasteiger partial charge in [0.2, 0.25) is 0 Å². The summed E-state index contributed by atoms with van der Waals surface area (Å²) in [6, 6.07) is 15.0. The fourth-order valence-corrected chi connectivity index (χ4v) is 5.51. The molecule has 158 valence electrons. The van der Waals surface area contributed by atoms with E-state index >= 15 is 0 Å². The van der Waals surface area contributed by atoms with Crippen LogP contribution in [0.15, 0.2) is 42.5 Å². The Morgan fingerprint density at radius 3 is 2.40 bits per heavy atom. The third-order valence-corrected chi connectivity index (χ3v) is 7.19. The number of hydrogen-bond donors (Lipinski definition) is 0. The van der Waals surface area contributed by atoms with Crippen molar-refractivity contribution >= 4 is 11.7 Å². The lowest BCUT2D eigenvalue weighted by Crippen LogP contribution is -2.61. The van der Waals surface area contributed by atoms with E-state index in [9.17, 15) is 4.79 Å². The van der Waals surface area contributed by atoms with E-state index in [2.05, 4.69) is 60.0 Å². The summed E-state index contributed by atoms with van der Waals surface area (Å²) in [5, 5.41) is 0. The molecular weight excluding hydrogens is 372 g/mol. The summed E-state index contributed by atoms with van der Waals surface area (Å²) in [4.78, 5) is 24.7. The first-order valence-corrected chi connectivity index (χ1v) is 11.2. The SMILES string of the molecule is Cc1ccc2c(n1)C(C)(C)CN2C(=O)N1CCC2(CC1)CN(Cc1ccccc1)C2. The number of pyridine rings is 1. The molecule has 2 amide bonds. The molecule has 0 N–H and O–H groups in total. The number of benzene rings is 1. The van der Waals surface area contributed by atoms with Crippen LogP contribution < -0.4 is 4.90 Å². The number of likely N-dealkylation sites (tertiary alicyclic amines) is 2. The molecule has 0 aliphatic carbocycles. The molecule has 0 saturated carbocycles. The number of rotatable bonds is 2. The number of fused-ring (bicyclic) bond motifs is 1. The van der Waals surface area contributed by atoms with E-state index in [0.29, 0.717) is 12.0 Å². The molecule has 1 spiro atoms. The van der Waals surface area contributed by atoms with Gasteiger partial charge < -0.3 is 4.90 Å². The molecule has 2 aromatic rings. The molecule has 5 heteroatoms. The topological polar surface area (TPSA) is 39.7 Å². The Bertz CT molecular complexity index is 939. The molecule has 5 rings (SSSR count). The highest BCUT2D eigenvalue weighted by Gasteiger charge is 2.47. The number of carbonyl (C=O) groups excluding carboxylic acids is 1. The minimum atomic E-state index is -0.0973. The number of amides is 2. The predicted molar refractivity (Wildman–Crippen MR) is 120 cm³/mol. The van der Waals surface area contributed by atoms with Gasteiger partial charge >= 0.3 is 6.03 Å². The Hall–Kier alpha value is -2.40. The quantitative estimate of drug-likeness (QED) is 0.753. The van der Waals surface area contributed by atoms with Gasteiger partial charge in [0.1, 0.15) is 0 Å². The number of urea groups is 1. The molecule has 5 nitrogen and oxygen atoms in total. The highest BCUT2D eigenvalue weighted by atomic mass is 16.2. The zero-order chi connectivity index (χ0) is 20.9. The molecule has 0 radical (unpaired) electrons. The summed E-state index contributed by atoms with van der Waals surface area (Å²) in [7, 11) is 0. The van der Waals surface area contributed by atoms with Gasteiger partial charge in [-0.05, 0) is 42.9 Å². The van der Waals surface area contributed by atoms with Crippen LogP contribution in [0.3, 0.4) is 0 Å². The van der Waals surface area contributed by atoms with Crippen LogP contribution in [0, 0.1) is 12.3 Å². The van der Waals surface area contributed by atoms with Gasteiger partial charge in [-0.3, -0.25) is 14.8 Å². The summed E-state index contributed by atoms with van der Waals surface area (Å²) >= 11 is 0. The fourth-order valence-electron chi connectivity index (χ4n) is 5.51. The molecule has 0 atom stereocenters. The van der Waals surface area contributed by atoms with Crippen LogP contribution in [-0.4, -0.2) is 53.5 Å². The van der Waals surface area contributed by atoms with Crippen molar-refractivity contribution in [3.63, 3.8) is 0 Å². The zero-order valence-electron chi connectivity index (χ0n) is 18.4. The van der Waals surface area contributed by atoms with E-state index in [-0.39, 0.29) is 11.4 Å². The number of piperidine rings is 1. The molecule has 0 unspecified atom stereocenters. The van der Waals surface area contributed by atoms with Gasteiger partial charge in [0.05, 0.1) is 11.4 Å². The standard InChI is InChI=1S/C25H32N4O/c1-19-9-10-21-22(26-19)24(2,3)16-29(21)23(30)28-13-11-25(12-14-28)17-27(18-25)15-20-7-5-4-6-8-20/h4-10H,11-18H2,1-3H3. The first-order chi connectivity index (χ1) is 14.4. The molecule has 30 heavy (non-hydrogen) atoms. The smallest absolute Gasteiger partial charge is 0.324 e. The largest absolute Gasteiger partial charge is 0.324 e. The maximum absolute atomic E-state index is 13.4. The molecule has 2 fully saturated rings. The van der Waals surface area contributed by atoms with E-state index in [1.54, 1.807) is 0 Å². The van der Waals surface area contributed by atoms with Gasteiger partial charge in [-0.15, -0.1) is 0 Å². The summed E-state index contributed by atoms with van der Waals surface area (Å²) in [6.07, 6.45) is 2.22. The van der Waals surface area contributed by atoms with Gasteiger partial charge in [-0.2, -0.15) is 0 Å². The Morgan fingerprint density at radius 2 is 1.70 bits per heavy atom. The van der Waals surface area contributed by atoms with Crippen LogP contribution in [0.1, 0.15) is 43.6 Å². The minimum Gasteiger partial charge on any atom is -0.324 e. The van der Waals surface area contributed by atoms with Crippen molar-refractivity contribution in [3.05, 3.63) is 59.4 Å². The van der Waals surface area contributed by atoms with Crippen LogP contribution in [0.4, 0.5) is 10.5 Å². The highest BCUT2D eigenvalue weighted by molar-refractivity contribution is 5.94. The molecule has 1 aromatic heterocycles. The molecule has 2 saturated heterocycles. The van der Waals surface area contributed by atoms with Crippen LogP contribution in [0.25, 0.3) is 0 Å². The molecule has 1 aromatic carbocycles. The summed E-state index contributed by atoms with van der Waals surface area (Å²) in [5.74, 6) is 0. The van der Waals surface area contributed by atoms with E-state index in [1.165, 1.54) is 5.56 Å². The molecule has 3 aliphatic rings. The molecule has 3 aliphatic heterocycles. The van der Waals surface area contributed by atoms with Crippen molar-refractivity contribution in [3.8, 4) is 0 Å². The van der Waals surface area contributed by atoms with Crippen molar-refractivity contribution in [2.24, 2.45) is 5.41 Å². The van der Waals surface area contributed by atoms with Gasteiger partial charge in [-0.25, -0.2) is 4.79 Å². The third-order valence-electron chi connectivity index (χ3n) is 7.19. The number of hydrogen-bond acceptors (Lipinski definition) is 3. The molecular formula is C25H32N4O. The fraction of sp³-hybridized carbons (Fsp3) is 0.520. The second-order valence-corrected chi connectivity index (χ2v) is 10.2. The lowest BCUT2D eigenvalue weighted by molar-refractivity contribution is -0.0439. The lowest BCUT2D eigenvalue weighted by Gasteiger charge is -2.54. The third kappa shape index (κ3) is 3.39. The number of aryl methyl sites for hydroxylation is 1. The van der Waals surface area contributed by atoms with Gasteiger partial charge in [0.15, 0.2) is 0 Å². The number of nitrogens with zero attached hydrogens (tertiary/aromatic N) is 4. The monoisotopic (exact) mass is 404 g/mol. The Morgan fingerprint density at radius 1 is 1.00 bits per heavy atom. The van der Waals surface area contributed by atoms with Crippen LogP contribution in [0.2, 0.25) is 0 Å². The van der Waals surface area contributed by atoms with E-state index in [4.69, 9.17) is 4.98 Å². The second-order valence-electron chi connectivity index (χ2n) is 10.2. The van der Waals surface area contributed by atoms with Crippen LogP contribution in [0.5, 0.6) is 0 Å². The van der Waals surface area contributed by atoms with E-state index in [1.807, 2.05) is 17.9 Å². The van der Waals surface area contributed by atoms with Crippen molar-refractivity contribution < 1.29 is 4.79 Å².